The highest BCUT2D eigenvalue weighted by Gasteiger charge is 2.32. The minimum absolute atomic E-state index is 0.123. The molecule has 2 unspecified atom stereocenters. The van der Waals surface area contributed by atoms with Crippen LogP contribution in [0.2, 0.25) is 0 Å². The Labute approximate surface area is 101 Å². The number of rotatable bonds is 2. The summed E-state index contributed by atoms with van der Waals surface area (Å²) in [4.78, 5) is 11.7. The molecular weight excluding hydrogens is 249 g/mol. The van der Waals surface area contributed by atoms with Gasteiger partial charge in [0.15, 0.2) is 17.5 Å². The number of nitrogens with two attached hydrogens (primary N) is 1. The van der Waals surface area contributed by atoms with Gasteiger partial charge in [0.25, 0.3) is 0 Å². The van der Waals surface area contributed by atoms with Gasteiger partial charge in [-0.3, -0.25) is 4.79 Å². The fourth-order valence-electron chi connectivity index (χ4n) is 1.69. The fraction of sp³-hybridized carbons (Fsp3) is 0.364. The molecule has 7 heteroatoms. The summed E-state index contributed by atoms with van der Waals surface area (Å²) < 4.78 is 43.9. The molecule has 1 heterocycles. The molecule has 2 rings (SSSR count). The predicted octanol–water partition coefficient (Wildman–Crippen LogP) is 1.02. The van der Waals surface area contributed by atoms with Crippen molar-refractivity contribution in [3.63, 3.8) is 0 Å². The second kappa shape index (κ2) is 4.95. The van der Waals surface area contributed by atoms with Gasteiger partial charge >= 0.3 is 0 Å². The summed E-state index contributed by atoms with van der Waals surface area (Å²) >= 11 is 0. The number of ether oxygens (including phenoxy) is 1. The standard InChI is InChI=1S/C11H11F3N2O2/c12-6-1-2-8(10(14)9(6)13)16-11(17)5-3-18-4-7(5)15/h1-2,5,7H,3-4,15H2,(H,16,17). The van der Waals surface area contributed by atoms with Crippen molar-refractivity contribution in [3.05, 3.63) is 29.6 Å². The number of carbonyl (C=O) groups excluding carboxylic acids is 1. The zero-order valence-electron chi connectivity index (χ0n) is 9.25. The lowest BCUT2D eigenvalue weighted by Gasteiger charge is -2.14. The van der Waals surface area contributed by atoms with Crippen LogP contribution in [0.25, 0.3) is 0 Å². The smallest absolute Gasteiger partial charge is 0.231 e. The highest BCUT2D eigenvalue weighted by Crippen LogP contribution is 2.21. The number of carbonyl (C=O) groups is 1. The van der Waals surface area contributed by atoms with E-state index in [1.54, 1.807) is 0 Å². The van der Waals surface area contributed by atoms with Crippen molar-refractivity contribution in [1.82, 2.24) is 0 Å². The van der Waals surface area contributed by atoms with E-state index in [2.05, 4.69) is 5.32 Å². The lowest BCUT2D eigenvalue weighted by molar-refractivity contribution is -0.120. The molecule has 1 fully saturated rings. The van der Waals surface area contributed by atoms with Gasteiger partial charge in [-0.1, -0.05) is 0 Å². The number of amides is 1. The quantitative estimate of drug-likeness (QED) is 0.780. The van der Waals surface area contributed by atoms with Crippen LogP contribution < -0.4 is 11.1 Å². The first-order valence-electron chi connectivity index (χ1n) is 5.28. The Kier molecular flexibility index (Phi) is 3.53. The molecule has 1 aliphatic rings. The molecule has 98 valence electrons. The Morgan fingerprint density at radius 2 is 2.00 bits per heavy atom. The molecule has 3 N–H and O–H groups in total. The molecule has 0 aliphatic carbocycles. The first kappa shape index (κ1) is 12.8. The third kappa shape index (κ3) is 2.32. The Bertz CT molecular complexity index is 482. The minimum atomic E-state index is -1.63. The van der Waals surface area contributed by atoms with Crippen molar-refractivity contribution in [2.24, 2.45) is 11.7 Å². The number of anilines is 1. The van der Waals surface area contributed by atoms with Gasteiger partial charge in [0.2, 0.25) is 5.91 Å². The molecule has 0 aromatic heterocycles. The monoisotopic (exact) mass is 260 g/mol. The number of hydrogen-bond donors (Lipinski definition) is 2. The van der Waals surface area contributed by atoms with Crippen LogP contribution in [-0.2, 0) is 9.53 Å². The molecular formula is C11H11F3N2O2. The lowest BCUT2D eigenvalue weighted by Crippen LogP contribution is -2.37. The summed E-state index contributed by atoms with van der Waals surface area (Å²) in [6.07, 6.45) is 0. The SMILES string of the molecule is NC1COCC1C(=O)Nc1ccc(F)c(F)c1F. The Morgan fingerprint density at radius 1 is 1.28 bits per heavy atom. The molecule has 0 radical (unpaired) electrons. The van der Waals surface area contributed by atoms with Crippen molar-refractivity contribution >= 4 is 11.6 Å². The van der Waals surface area contributed by atoms with Gasteiger partial charge in [-0.05, 0) is 12.1 Å². The van der Waals surface area contributed by atoms with Crippen LogP contribution in [0.3, 0.4) is 0 Å². The number of nitrogens with one attached hydrogen (secondary N) is 1. The summed E-state index contributed by atoms with van der Waals surface area (Å²) in [7, 11) is 0. The Balaban J connectivity index is 2.14. The Hall–Kier alpha value is -1.60. The molecule has 4 nitrogen and oxygen atoms in total. The van der Waals surface area contributed by atoms with Crippen LogP contribution in [0.1, 0.15) is 0 Å². The van der Waals surface area contributed by atoms with Crippen LogP contribution in [0.4, 0.5) is 18.9 Å². The molecule has 18 heavy (non-hydrogen) atoms. The predicted molar refractivity (Wildman–Crippen MR) is 57.2 cm³/mol. The summed E-state index contributed by atoms with van der Waals surface area (Å²) in [6.45, 7) is 0.358. The van der Waals surface area contributed by atoms with Gasteiger partial charge in [0, 0.05) is 6.04 Å². The Morgan fingerprint density at radius 3 is 2.61 bits per heavy atom. The second-order valence-electron chi connectivity index (χ2n) is 4.02. The number of hydrogen-bond acceptors (Lipinski definition) is 3. The van der Waals surface area contributed by atoms with Crippen LogP contribution in [0, 0.1) is 23.4 Å². The summed E-state index contributed by atoms with van der Waals surface area (Å²) in [5, 5.41) is 2.17. The van der Waals surface area contributed by atoms with Gasteiger partial charge in [-0.25, -0.2) is 13.2 Å². The minimum Gasteiger partial charge on any atom is -0.379 e. The zero-order chi connectivity index (χ0) is 13.3. The third-order valence-corrected chi connectivity index (χ3v) is 2.75. The average Bonchev–Trinajstić information content (AvgIpc) is 2.76. The summed E-state index contributed by atoms with van der Waals surface area (Å²) in [5.41, 5.74) is 5.19. The molecule has 1 aromatic rings. The van der Waals surface area contributed by atoms with E-state index in [1.807, 2.05) is 0 Å². The average molecular weight is 260 g/mol. The van der Waals surface area contributed by atoms with E-state index in [4.69, 9.17) is 10.5 Å². The number of halogens is 3. The van der Waals surface area contributed by atoms with Crippen LogP contribution >= 0.6 is 0 Å². The van der Waals surface area contributed by atoms with Gasteiger partial charge in [0.05, 0.1) is 24.8 Å². The van der Waals surface area contributed by atoms with E-state index in [9.17, 15) is 18.0 Å². The molecule has 1 aliphatic heterocycles. The first-order valence-corrected chi connectivity index (χ1v) is 5.28. The van der Waals surface area contributed by atoms with E-state index in [0.29, 0.717) is 0 Å². The van der Waals surface area contributed by atoms with Crippen LogP contribution in [0.15, 0.2) is 12.1 Å². The lowest BCUT2D eigenvalue weighted by atomic mass is 10.0. The fourth-order valence-corrected chi connectivity index (χ4v) is 1.69. The largest absolute Gasteiger partial charge is 0.379 e. The topological polar surface area (TPSA) is 64.3 Å². The van der Waals surface area contributed by atoms with Crippen molar-refractivity contribution in [1.29, 1.82) is 0 Å². The first-order chi connectivity index (χ1) is 8.50. The normalized spacial score (nSPS) is 23.1. The third-order valence-electron chi connectivity index (χ3n) is 2.75. The molecule has 1 aromatic carbocycles. The van der Waals surface area contributed by atoms with E-state index in [-0.39, 0.29) is 13.2 Å². The van der Waals surface area contributed by atoms with Crippen LogP contribution in [-0.4, -0.2) is 25.2 Å². The molecule has 0 bridgehead atoms. The molecule has 2 atom stereocenters. The zero-order valence-corrected chi connectivity index (χ0v) is 9.25. The van der Waals surface area contributed by atoms with E-state index in [0.717, 1.165) is 12.1 Å². The molecule has 0 spiro atoms. The van der Waals surface area contributed by atoms with Crippen molar-refractivity contribution in [3.8, 4) is 0 Å². The van der Waals surface area contributed by atoms with Gasteiger partial charge in [-0.2, -0.15) is 0 Å². The number of benzene rings is 1. The van der Waals surface area contributed by atoms with Crippen molar-refractivity contribution in [2.45, 2.75) is 6.04 Å². The highest BCUT2D eigenvalue weighted by molar-refractivity contribution is 5.93. The summed E-state index contributed by atoms with van der Waals surface area (Å²) in [5.74, 6) is -5.58. The van der Waals surface area contributed by atoms with Crippen LogP contribution in [0.5, 0.6) is 0 Å². The van der Waals surface area contributed by atoms with Gasteiger partial charge in [0.1, 0.15) is 0 Å². The van der Waals surface area contributed by atoms with Gasteiger partial charge in [-0.15, -0.1) is 0 Å². The van der Waals surface area contributed by atoms with Crippen molar-refractivity contribution < 1.29 is 22.7 Å². The maximum Gasteiger partial charge on any atom is 0.231 e. The van der Waals surface area contributed by atoms with Gasteiger partial charge < -0.3 is 15.8 Å². The highest BCUT2D eigenvalue weighted by atomic mass is 19.2. The molecule has 1 amide bonds. The van der Waals surface area contributed by atoms with E-state index < -0.39 is 41.0 Å². The van der Waals surface area contributed by atoms with E-state index >= 15 is 0 Å². The molecule has 0 saturated carbocycles. The maximum absolute atomic E-state index is 13.3. The van der Waals surface area contributed by atoms with E-state index in [1.165, 1.54) is 0 Å². The maximum atomic E-state index is 13.3. The second-order valence-corrected chi connectivity index (χ2v) is 4.02. The van der Waals surface area contributed by atoms with Crippen molar-refractivity contribution in [2.75, 3.05) is 18.5 Å². The summed E-state index contributed by atoms with van der Waals surface area (Å²) in [6, 6.07) is 1.20. The molecule has 1 saturated heterocycles.